The van der Waals surface area contributed by atoms with Crippen molar-refractivity contribution in [3.8, 4) is 0 Å². The van der Waals surface area contributed by atoms with Gasteiger partial charge in [0.05, 0.1) is 6.10 Å². The zero-order valence-electron chi connectivity index (χ0n) is 10.5. The maximum atomic E-state index is 11.0. The molecule has 0 aromatic rings. The second-order valence-electron chi connectivity index (χ2n) is 4.85. The number of nitrogens with two attached hydrogens (primary N) is 1. The van der Waals surface area contributed by atoms with E-state index in [0.29, 0.717) is 12.5 Å². The van der Waals surface area contributed by atoms with Crippen molar-refractivity contribution in [2.24, 2.45) is 5.84 Å². The molecule has 1 saturated heterocycles. The van der Waals surface area contributed by atoms with Gasteiger partial charge in [0.2, 0.25) is 0 Å². The maximum Gasteiger partial charge on any atom is 0.147 e. The van der Waals surface area contributed by atoms with E-state index in [0.717, 1.165) is 38.7 Å². The zero-order valence-corrected chi connectivity index (χ0v) is 11.3. The molecule has 102 valence electrons. The minimum Gasteiger partial charge on any atom is -0.378 e. The van der Waals surface area contributed by atoms with E-state index in [1.54, 1.807) is 0 Å². The molecule has 2 atom stereocenters. The van der Waals surface area contributed by atoms with Crippen LogP contribution in [-0.4, -0.2) is 39.2 Å². The van der Waals surface area contributed by atoms with Crippen LogP contribution in [-0.2, 0) is 14.6 Å². The summed E-state index contributed by atoms with van der Waals surface area (Å²) in [6.45, 7) is 0.874. The van der Waals surface area contributed by atoms with E-state index in [1.165, 1.54) is 6.26 Å². The van der Waals surface area contributed by atoms with Crippen LogP contribution < -0.4 is 11.3 Å². The molecule has 1 aliphatic heterocycles. The number of rotatable bonds is 8. The molecule has 1 fully saturated rings. The lowest BCUT2D eigenvalue weighted by Gasteiger charge is -2.17. The van der Waals surface area contributed by atoms with E-state index >= 15 is 0 Å². The van der Waals surface area contributed by atoms with Gasteiger partial charge >= 0.3 is 0 Å². The molecule has 0 radical (unpaired) electrons. The van der Waals surface area contributed by atoms with Gasteiger partial charge in [0, 0.05) is 24.7 Å². The molecular weight excluding hydrogens is 240 g/mol. The summed E-state index contributed by atoms with van der Waals surface area (Å²) in [5, 5.41) is 0. The van der Waals surface area contributed by atoms with Gasteiger partial charge in [-0.1, -0.05) is 0 Å². The fourth-order valence-electron chi connectivity index (χ4n) is 2.16. The van der Waals surface area contributed by atoms with E-state index in [-0.39, 0.29) is 11.8 Å². The van der Waals surface area contributed by atoms with Crippen molar-refractivity contribution < 1.29 is 13.2 Å². The summed E-state index contributed by atoms with van der Waals surface area (Å²) in [4.78, 5) is 0. The van der Waals surface area contributed by atoms with E-state index in [1.807, 2.05) is 0 Å². The van der Waals surface area contributed by atoms with Crippen molar-refractivity contribution >= 4 is 9.84 Å². The second kappa shape index (κ2) is 7.31. The molecule has 1 aliphatic rings. The Morgan fingerprint density at radius 2 is 2.24 bits per heavy atom. The molecule has 0 aromatic carbocycles. The summed E-state index contributed by atoms with van der Waals surface area (Å²) in [7, 11) is -2.85. The molecule has 0 aliphatic carbocycles. The van der Waals surface area contributed by atoms with Crippen molar-refractivity contribution in [3.05, 3.63) is 0 Å². The van der Waals surface area contributed by atoms with Gasteiger partial charge in [-0.2, -0.15) is 0 Å². The summed E-state index contributed by atoms with van der Waals surface area (Å²) in [6, 6.07) is 0.195. The topological polar surface area (TPSA) is 81.4 Å². The molecule has 1 heterocycles. The van der Waals surface area contributed by atoms with Crippen LogP contribution in [0.15, 0.2) is 0 Å². The Balaban J connectivity index is 2.14. The van der Waals surface area contributed by atoms with Crippen molar-refractivity contribution in [1.82, 2.24) is 5.43 Å². The Bertz CT molecular complexity index is 300. The minimum absolute atomic E-state index is 0.195. The first-order valence-corrected chi connectivity index (χ1v) is 8.33. The Labute approximate surface area is 104 Å². The lowest BCUT2D eigenvalue weighted by atomic mass is 10.0. The third-order valence-corrected chi connectivity index (χ3v) is 4.19. The number of hydrazine groups is 1. The summed E-state index contributed by atoms with van der Waals surface area (Å²) in [5.41, 5.74) is 2.76. The van der Waals surface area contributed by atoms with Gasteiger partial charge in [-0.3, -0.25) is 11.3 Å². The first kappa shape index (κ1) is 14.9. The van der Waals surface area contributed by atoms with Gasteiger partial charge in [0.1, 0.15) is 9.84 Å². The number of ether oxygens (including phenoxy) is 1. The van der Waals surface area contributed by atoms with Crippen molar-refractivity contribution in [2.45, 2.75) is 50.7 Å². The van der Waals surface area contributed by atoms with E-state index in [9.17, 15) is 8.42 Å². The molecule has 0 spiro atoms. The van der Waals surface area contributed by atoms with E-state index in [4.69, 9.17) is 10.6 Å². The van der Waals surface area contributed by atoms with Crippen LogP contribution >= 0.6 is 0 Å². The second-order valence-corrected chi connectivity index (χ2v) is 7.11. The van der Waals surface area contributed by atoms with Crippen LogP contribution in [0.1, 0.15) is 38.5 Å². The molecule has 1 rings (SSSR count). The standard InChI is InChI=1S/C11H24N2O3S/c1-17(14,15)9-3-4-10(13-12)6-7-11-5-2-8-16-11/h10-11,13H,2-9,12H2,1H3. The lowest BCUT2D eigenvalue weighted by molar-refractivity contribution is 0.0992. The highest BCUT2D eigenvalue weighted by molar-refractivity contribution is 7.90. The molecule has 0 aromatic heterocycles. The quantitative estimate of drug-likeness (QED) is 0.496. The van der Waals surface area contributed by atoms with Crippen molar-refractivity contribution in [3.63, 3.8) is 0 Å². The van der Waals surface area contributed by atoms with Crippen LogP contribution in [0.25, 0.3) is 0 Å². The van der Waals surface area contributed by atoms with Gasteiger partial charge in [0.15, 0.2) is 0 Å². The maximum absolute atomic E-state index is 11.0. The molecular formula is C11H24N2O3S. The molecule has 2 unspecified atom stereocenters. The Hall–Kier alpha value is -0.170. The Kier molecular flexibility index (Phi) is 6.40. The predicted molar refractivity (Wildman–Crippen MR) is 68.3 cm³/mol. The lowest BCUT2D eigenvalue weighted by Crippen LogP contribution is -2.36. The van der Waals surface area contributed by atoms with E-state index in [2.05, 4.69) is 5.43 Å². The molecule has 0 bridgehead atoms. The summed E-state index contributed by atoms with van der Waals surface area (Å²) in [6.07, 6.45) is 7.36. The number of sulfone groups is 1. The molecule has 3 N–H and O–H groups in total. The van der Waals surface area contributed by atoms with Gasteiger partial charge in [-0.05, 0) is 38.5 Å². The van der Waals surface area contributed by atoms with Crippen molar-refractivity contribution in [1.29, 1.82) is 0 Å². The van der Waals surface area contributed by atoms with Gasteiger partial charge in [-0.25, -0.2) is 8.42 Å². The van der Waals surface area contributed by atoms with E-state index < -0.39 is 9.84 Å². The fourth-order valence-corrected chi connectivity index (χ4v) is 2.85. The molecule has 0 amide bonds. The first-order valence-electron chi connectivity index (χ1n) is 6.26. The number of hydrogen-bond donors (Lipinski definition) is 2. The molecule has 17 heavy (non-hydrogen) atoms. The monoisotopic (exact) mass is 264 g/mol. The number of hydrogen-bond acceptors (Lipinski definition) is 5. The smallest absolute Gasteiger partial charge is 0.147 e. The summed E-state index contributed by atoms with van der Waals surface area (Å²) < 4.78 is 27.5. The predicted octanol–water partition coefficient (Wildman–Crippen LogP) is 0.602. The van der Waals surface area contributed by atoms with Gasteiger partial charge in [0.25, 0.3) is 0 Å². The molecule has 5 nitrogen and oxygen atoms in total. The van der Waals surface area contributed by atoms with Crippen LogP contribution in [0.4, 0.5) is 0 Å². The Morgan fingerprint density at radius 3 is 2.76 bits per heavy atom. The average Bonchev–Trinajstić information content (AvgIpc) is 2.74. The van der Waals surface area contributed by atoms with Gasteiger partial charge in [-0.15, -0.1) is 0 Å². The van der Waals surface area contributed by atoms with Crippen molar-refractivity contribution in [2.75, 3.05) is 18.6 Å². The summed E-state index contributed by atoms with van der Waals surface area (Å²) in [5.74, 6) is 5.71. The molecule has 0 saturated carbocycles. The normalized spacial score (nSPS) is 22.8. The van der Waals surface area contributed by atoms with Crippen LogP contribution in [0.3, 0.4) is 0 Å². The highest BCUT2D eigenvalue weighted by Crippen LogP contribution is 2.18. The minimum atomic E-state index is -2.85. The van der Waals surface area contributed by atoms with Crippen LogP contribution in [0, 0.1) is 0 Å². The zero-order chi connectivity index (χ0) is 12.7. The van der Waals surface area contributed by atoms with Crippen LogP contribution in [0.2, 0.25) is 0 Å². The number of nitrogens with one attached hydrogen (secondary N) is 1. The largest absolute Gasteiger partial charge is 0.378 e. The third kappa shape index (κ3) is 6.98. The highest BCUT2D eigenvalue weighted by atomic mass is 32.2. The molecule has 6 heteroatoms. The van der Waals surface area contributed by atoms with Gasteiger partial charge < -0.3 is 4.74 Å². The summed E-state index contributed by atoms with van der Waals surface area (Å²) >= 11 is 0. The van der Waals surface area contributed by atoms with Crippen LogP contribution in [0.5, 0.6) is 0 Å². The average molecular weight is 264 g/mol. The highest BCUT2D eigenvalue weighted by Gasteiger charge is 2.17. The SMILES string of the molecule is CS(=O)(=O)CCCC(CCC1CCCO1)NN. The first-order chi connectivity index (χ1) is 8.01. The third-order valence-electron chi connectivity index (χ3n) is 3.16. The Morgan fingerprint density at radius 1 is 1.47 bits per heavy atom. The fraction of sp³-hybridized carbons (Fsp3) is 1.00.